The zero-order valence-corrected chi connectivity index (χ0v) is 11.8. The van der Waals surface area contributed by atoms with Gasteiger partial charge in [0.2, 0.25) is 0 Å². The molecule has 0 saturated heterocycles. The van der Waals surface area contributed by atoms with E-state index in [2.05, 4.69) is 17.1 Å². The van der Waals surface area contributed by atoms with Gasteiger partial charge in [0.1, 0.15) is 5.75 Å². The van der Waals surface area contributed by atoms with Crippen LogP contribution in [0.25, 0.3) is 0 Å². The van der Waals surface area contributed by atoms with Crippen molar-refractivity contribution in [2.75, 3.05) is 20.8 Å². The lowest BCUT2D eigenvalue weighted by Gasteiger charge is -2.11. The lowest BCUT2D eigenvalue weighted by Crippen LogP contribution is -2.04. The minimum atomic E-state index is 0.00685. The molecule has 0 N–H and O–H groups in total. The molecule has 0 amide bonds. The van der Waals surface area contributed by atoms with Crippen molar-refractivity contribution >= 4 is 6.21 Å². The summed E-state index contributed by atoms with van der Waals surface area (Å²) in [6.07, 6.45) is 1.86. The minimum Gasteiger partial charge on any atom is -0.497 e. The highest BCUT2D eigenvalue weighted by atomic mass is 16.5. The Kier molecular flexibility index (Phi) is 5.33. The van der Waals surface area contributed by atoms with Crippen molar-refractivity contribution in [1.82, 2.24) is 0 Å². The average Bonchev–Trinajstić information content (AvgIpc) is 2.52. The third-order valence-corrected chi connectivity index (χ3v) is 3.01. The van der Waals surface area contributed by atoms with Gasteiger partial charge in [-0.2, -0.15) is 0 Å². The molecule has 0 aromatic heterocycles. The molecule has 3 nitrogen and oxygen atoms in total. The molecule has 1 atom stereocenters. The molecule has 104 valence electrons. The Balaban J connectivity index is 2.17. The first-order valence-electron chi connectivity index (χ1n) is 6.54. The number of hydrogen-bond acceptors (Lipinski definition) is 3. The van der Waals surface area contributed by atoms with Crippen molar-refractivity contribution < 1.29 is 9.47 Å². The summed E-state index contributed by atoms with van der Waals surface area (Å²) >= 11 is 0. The fourth-order valence-corrected chi connectivity index (χ4v) is 1.96. The van der Waals surface area contributed by atoms with Crippen molar-refractivity contribution in [3.63, 3.8) is 0 Å². The second-order valence-electron chi connectivity index (χ2n) is 4.44. The van der Waals surface area contributed by atoms with E-state index in [1.54, 1.807) is 14.2 Å². The Hall–Kier alpha value is -2.13. The minimum absolute atomic E-state index is 0.00685. The zero-order valence-electron chi connectivity index (χ0n) is 11.8. The summed E-state index contributed by atoms with van der Waals surface area (Å²) < 4.78 is 10.5. The van der Waals surface area contributed by atoms with Crippen LogP contribution in [0.15, 0.2) is 59.6 Å². The van der Waals surface area contributed by atoms with Gasteiger partial charge in [-0.1, -0.05) is 42.5 Å². The van der Waals surface area contributed by atoms with E-state index in [9.17, 15) is 0 Å². The Morgan fingerprint density at radius 3 is 2.55 bits per heavy atom. The lowest BCUT2D eigenvalue weighted by atomic mass is 10.1. The number of methoxy groups -OCH3 is 2. The predicted octanol–water partition coefficient (Wildman–Crippen LogP) is 3.50. The molecule has 2 rings (SSSR count). The number of ether oxygens (including phenoxy) is 2. The zero-order chi connectivity index (χ0) is 14.2. The van der Waals surface area contributed by atoms with Gasteiger partial charge in [0, 0.05) is 13.3 Å². The fourth-order valence-electron chi connectivity index (χ4n) is 1.96. The lowest BCUT2D eigenvalue weighted by molar-refractivity contribution is 0.182. The van der Waals surface area contributed by atoms with Gasteiger partial charge in [-0.05, 0) is 23.3 Å². The highest BCUT2D eigenvalue weighted by Gasteiger charge is 2.07. The SMILES string of the molecule is COC[C@@H](N=Cc1cccc(OC)c1)c1ccccc1. The van der Waals surface area contributed by atoms with Gasteiger partial charge < -0.3 is 9.47 Å². The summed E-state index contributed by atoms with van der Waals surface area (Å²) in [5, 5.41) is 0. The monoisotopic (exact) mass is 269 g/mol. The molecular formula is C17H19NO2. The van der Waals surface area contributed by atoms with Crippen LogP contribution in [-0.2, 0) is 4.74 Å². The molecule has 2 aromatic carbocycles. The highest BCUT2D eigenvalue weighted by molar-refractivity contribution is 5.80. The number of hydrogen-bond donors (Lipinski definition) is 0. The van der Waals surface area contributed by atoms with E-state index in [1.165, 1.54) is 0 Å². The summed E-state index contributed by atoms with van der Waals surface area (Å²) in [6.45, 7) is 0.560. The smallest absolute Gasteiger partial charge is 0.119 e. The average molecular weight is 269 g/mol. The first-order chi connectivity index (χ1) is 9.83. The summed E-state index contributed by atoms with van der Waals surface area (Å²) in [7, 11) is 3.35. The number of aliphatic imine (C=N–C) groups is 1. The van der Waals surface area contributed by atoms with E-state index in [4.69, 9.17) is 9.47 Å². The van der Waals surface area contributed by atoms with E-state index in [-0.39, 0.29) is 6.04 Å². The molecule has 0 radical (unpaired) electrons. The van der Waals surface area contributed by atoms with E-state index < -0.39 is 0 Å². The van der Waals surface area contributed by atoms with Crippen molar-refractivity contribution in [3.05, 3.63) is 65.7 Å². The molecular weight excluding hydrogens is 250 g/mol. The van der Waals surface area contributed by atoms with Crippen molar-refractivity contribution in [3.8, 4) is 5.75 Å². The van der Waals surface area contributed by atoms with Gasteiger partial charge in [-0.15, -0.1) is 0 Å². The van der Waals surface area contributed by atoms with Crippen LogP contribution in [0.3, 0.4) is 0 Å². The summed E-state index contributed by atoms with van der Waals surface area (Å²) in [5.41, 5.74) is 2.16. The van der Waals surface area contributed by atoms with Crippen LogP contribution in [0.2, 0.25) is 0 Å². The predicted molar refractivity (Wildman–Crippen MR) is 81.6 cm³/mol. The van der Waals surface area contributed by atoms with Crippen molar-refractivity contribution in [1.29, 1.82) is 0 Å². The highest BCUT2D eigenvalue weighted by Crippen LogP contribution is 2.18. The third kappa shape index (κ3) is 3.93. The normalized spacial score (nSPS) is 12.5. The molecule has 0 aliphatic heterocycles. The van der Waals surface area contributed by atoms with Gasteiger partial charge in [0.05, 0.1) is 19.8 Å². The first-order valence-corrected chi connectivity index (χ1v) is 6.54. The Bertz CT molecular complexity index is 552. The summed E-state index contributed by atoms with van der Waals surface area (Å²) in [5.74, 6) is 0.831. The Morgan fingerprint density at radius 1 is 1.05 bits per heavy atom. The van der Waals surface area contributed by atoms with E-state index in [1.807, 2.05) is 48.7 Å². The third-order valence-electron chi connectivity index (χ3n) is 3.01. The maximum Gasteiger partial charge on any atom is 0.119 e. The van der Waals surface area contributed by atoms with Crippen LogP contribution in [0.4, 0.5) is 0 Å². The van der Waals surface area contributed by atoms with Crippen molar-refractivity contribution in [2.24, 2.45) is 4.99 Å². The molecule has 0 aliphatic rings. The second kappa shape index (κ2) is 7.46. The van der Waals surface area contributed by atoms with Gasteiger partial charge in [0.15, 0.2) is 0 Å². The van der Waals surface area contributed by atoms with Crippen LogP contribution in [0.1, 0.15) is 17.2 Å². The van der Waals surface area contributed by atoms with Crippen molar-refractivity contribution in [2.45, 2.75) is 6.04 Å². The molecule has 0 saturated carbocycles. The Morgan fingerprint density at radius 2 is 1.85 bits per heavy atom. The number of nitrogens with zero attached hydrogens (tertiary/aromatic N) is 1. The van der Waals surface area contributed by atoms with E-state index in [0.29, 0.717) is 6.61 Å². The largest absolute Gasteiger partial charge is 0.497 e. The summed E-state index contributed by atoms with van der Waals surface area (Å²) in [6, 6.07) is 18.0. The number of rotatable bonds is 6. The van der Waals surface area contributed by atoms with Gasteiger partial charge in [-0.25, -0.2) is 0 Å². The quantitative estimate of drug-likeness (QED) is 0.751. The Labute approximate surface area is 119 Å². The van der Waals surface area contributed by atoms with Gasteiger partial charge in [-0.3, -0.25) is 4.99 Å². The number of benzene rings is 2. The molecule has 0 spiro atoms. The topological polar surface area (TPSA) is 30.8 Å². The molecule has 0 bridgehead atoms. The molecule has 0 aliphatic carbocycles. The molecule has 2 aromatic rings. The van der Waals surface area contributed by atoms with Crippen LogP contribution < -0.4 is 4.74 Å². The van der Waals surface area contributed by atoms with E-state index in [0.717, 1.165) is 16.9 Å². The fraction of sp³-hybridized carbons (Fsp3) is 0.235. The van der Waals surface area contributed by atoms with Crippen LogP contribution in [0, 0.1) is 0 Å². The maximum absolute atomic E-state index is 5.25. The first kappa shape index (κ1) is 14.3. The van der Waals surface area contributed by atoms with Gasteiger partial charge >= 0.3 is 0 Å². The van der Waals surface area contributed by atoms with Gasteiger partial charge in [0.25, 0.3) is 0 Å². The maximum atomic E-state index is 5.25. The summed E-state index contributed by atoms with van der Waals surface area (Å²) in [4.78, 5) is 4.62. The molecule has 3 heteroatoms. The standard InChI is InChI=1S/C17H19NO2/c1-19-13-17(15-8-4-3-5-9-15)18-12-14-7-6-10-16(11-14)20-2/h3-12,17H,13H2,1-2H3/t17-/m1/s1. The molecule has 20 heavy (non-hydrogen) atoms. The second-order valence-corrected chi connectivity index (χ2v) is 4.44. The van der Waals surface area contributed by atoms with Crippen LogP contribution >= 0.6 is 0 Å². The van der Waals surface area contributed by atoms with E-state index >= 15 is 0 Å². The molecule has 0 heterocycles. The molecule has 0 fully saturated rings. The van der Waals surface area contributed by atoms with Crippen LogP contribution in [-0.4, -0.2) is 27.0 Å². The van der Waals surface area contributed by atoms with Crippen LogP contribution in [0.5, 0.6) is 5.75 Å². The molecule has 0 unspecified atom stereocenters.